The number of amides is 2. The summed E-state index contributed by atoms with van der Waals surface area (Å²) >= 11 is 1.34. The van der Waals surface area contributed by atoms with Crippen molar-refractivity contribution >= 4 is 44.6 Å². The Labute approximate surface area is 223 Å². The number of aromatic nitrogens is 5. The second-order valence-electron chi connectivity index (χ2n) is 8.91. The minimum absolute atomic E-state index is 0.316. The lowest BCUT2D eigenvalue weighted by molar-refractivity contribution is -0.142. The van der Waals surface area contributed by atoms with Crippen LogP contribution in [0.1, 0.15) is 32.4 Å². The van der Waals surface area contributed by atoms with Crippen molar-refractivity contribution in [3.63, 3.8) is 0 Å². The van der Waals surface area contributed by atoms with Crippen molar-refractivity contribution in [3.8, 4) is 22.6 Å². The second-order valence-corrected chi connectivity index (χ2v) is 9.91. The Hall–Kier alpha value is -4.19. The van der Waals surface area contributed by atoms with E-state index in [0.717, 1.165) is 16.0 Å². The first-order valence-electron chi connectivity index (χ1n) is 12.6. The number of nitrogens with zero attached hydrogens (tertiary/aromatic N) is 6. The highest BCUT2D eigenvalue weighted by molar-refractivity contribution is 7.22. The standard InChI is InChI=1S/C26H28N8O3S/c1-3-17-16(14-29-24(31-17)34-11-8-15(9-12-34)23(35)36)19-13-20-22(21(30-19)18-7-5-6-10-28-18)38-26(32-20)33-25(37)27-4-2/h5-7,10,13-15H,3-4,8-9,11-12H2,1-2H3,(H,35,36)(H2,27,32,33,37). The highest BCUT2D eigenvalue weighted by atomic mass is 32.1. The van der Waals surface area contributed by atoms with Gasteiger partial charge in [-0.2, -0.15) is 0 Å². The molecular formula is C26H28N8O3S. The van der Waals surface area contributed by atoms with E-state index in [1.54, 1.807) is 12.4 Å². The highest BCUT2D eigenvalue weighted by Crippen LogP contribution is 2.36. The summed E-state index contributed by atoms with van der Waals surface area (Å²) in [6, 6.07) is 7.21. The third-order valence-corrected chi connectivity index (χ3v) is 7.43. The number of rotatable bonds is 7. The van der Waals surface area contributed by atoms with Gasteiger partial charge < -0.3 is 15.3 Å². The zero-order valence-electron chi connectivity index (χ0n) is 21.1. The summed E-state index contributed by atoms with van der Waals surface area (Å²) in [5.74, 6) is -0.461. The van der Waals surface area contributed by atoms with Gasteiger partial charge in [-0.1, -0.05) is 24.3 Å². The maximum atomic E-state index is 12.1. The van der Waals surface area contributed by atoms with Gasteiger partial charge in [-0.25, -0.2) is 24.7 Å². The number of hydrogen-bond donors (Lipinski definition) is 3. The van der Waals surface area contributed by atoms with E-state index in [-0.39, 0.29) is 11.9 Å². The van der Waals surface area contributed by atoms with E-state index >= 15 is 0 Å². The Morgan fingerprint density at radius 1 is 1.11 bits per heavy atom. The van der Waals surface area contributed by atoms with Gasteiger partial charge >= 0.3 is 12.0 Å². The summed E-state index contributed by atoms with van der Waals surface area (Å²) in [6.07, 6.45) is 5.30. The molecule has 1 saturated heterocycles. The molecule has 1 fully saturated rings. The van der Waals surface area contributed by atoms with Crippen LogP contribution in [-0.4, -0.2) is 61.7 Å². The highest BCUT2D eigenvalue weighted by Gasteiger charge is 2.26. The van der Waals surface area contributed by atoms with Gasteiger partial charge in [0.2, 0.25) is 5.95 Å². The van der Waals surface area contributed by atoms with E-state index in [1.165, 1.54) is 11.3 Å². The second kappa shape index (κ2) is 11.1. The van der Waals surface area contributed by atoms with E-state index in [1.807, 2.05) is 43.0 Å². The van der Waals surface area contributed by atoms with Crippen LogP contribution in [0.25, 0.3) is 32.9 Å². The minimum atomic E-state index is -0.744. The molecule has 0 saturated carbocycles. The number of fused-ring (bicyclic) bond motifs is 1. The molecule has 1 aliphatic rings. The smallest absolute Gasteiger partial charge is 0.321 e. The molecule has 5 heterocycles. The van der Waals surface area contributed by atoms with Crippen molar-refractivity contribution in [1.29, 1.82) is 0 Å². The molecule has 0 spiro atoms. The van der Waals surface area contributed by atoms with Crippen molar-refractivity contribution in [2.24, 2.45) is 5.92 Å². The molecule has 1 aliphatic heterocycles. The molecule has 0 radical (unpaired) electrons. The van der Waals surface area contributed by atoms with Gasteiger partial charge in [0.25, 0.3) is 0 Å². The van der Waals surface area contributed by atoms with Crippen molar-refractivity contribution in [2.75, 3.05) is 29.9 Å². The number of hydrogen-bond acceptors (Lipinski definition) is 9. The number of aliphatic carboxylic acids is 1. The van der Waals surface area contributed by atoms with Crippen LogP contribution in [0.2, 0.25) is 0 Å². The maximum absolute atomic E-state index is 12.1. The predicted octanol–water partition coefficient (Wildman–Crippen LogP) is 4.22. The van der Waals surface area contributed by atoms with E-state index in [4.69, 9.17) is 9.97 Å². The Balaban J connectivity index is 1.53. The summed E-state index contributed by atoms with van der Waals surface area (Å²) < 4.78 is 0.816. The third kappa shape index (κ3) is 5.25. The number of carboxylic acid groups (broad SMARTS) is 1. The Bertz CT molecular complexity index is 1470. The van der Waals surface area contributed by atoms with Gasteiger partial charge in [-0.15, -0.1) is 0 Å². The first-order valence-corrected chi connectivity index (χ1v) is 13.4. The number of carbonyl (C=O) groups excluding carboxylic acids is 1. The number of aryl methyl sites for hydroxylation is 1. The maximum Gasteiger partial charge on any atom is 0.321 e. The Morgan fingerprint density at radius 3 is 2.61 bits per heavy atom. The molecule has 4 aromatic rings. The van der Waals surface area contributed by atoms with Crippen LogP contribution in [0.15, 0.2) is 36.7 Å². The summed E-state index contributed by atoms with van der Waals surface area (Å²) in [7, 11) is 0. The van der Waals surface area contributed by atoms with Gasteiger partial charge in [0.15, 0.2) is 5.13 Å². The Morgan fingerprint density at radius 2 is 1.92 bits per heavy atom. The number of thiazole rings is 1. The number of pyridine rings is 2. The fourth-order valence-corrected chi connectivity index (χ4v) is 5.41. The molecule has 0 unspecified atom stereocenters. The van der Waals surface area contributed by atoms with Crippen LogP contribution in [-0.2, 0) is 11.2 Å². The largest absolute Gasteiger partial charge is 0.481 e. The molecule has 12 heteroatoms. The number of urea groups is 1. The van der Waals surface area contributed by atoms with Gasteiger partial charge in [0, 0.05) is 37.6 Å². The number of piperidine rings is 1. The normalized spacial score (nSPS) is 14.0. The molecule has 2 amide bonds. The first-order chi connectivity index (χ1) is 18.5. The summed E-state index contributed by atoms with van der Waals surface area (Å²) in [5.41, 5.74) is 4.35. The molecule has 0 bridgehead atoms. The molecule has 38 heavy (non-hydrogen) atoms. The predicted molar refractivity (Wildman–Crippen MR) is 146 cm³/mol. The first kappa shape index (κ1) is 25.5. The molecule has 4 aromatic heterocycles. The number of nitrogens with one attached hydrogen (secondary N) is 2. The van der Waals surface area contributed by atoms with Crippen LogP contribution < -0.4 is 15.5 Å². The van der Waals surface area contributed by atoms with Gasteiger partial charge in [0.1, 0.15) is 5.69 Å². The zero-order chi connectivity index (χ0) is 26.6. The lowest BCUT2D eigenvalue weighted by atomic mass is 9.97. The minimum Gasteiger partial charge on any atom is -0.481 e. The van der Waals surface area contributed by atoms with Crippen molar-refractivity contribution in [1.82, 2.24) is 30.2 Å². The van der Waals surface area contributed by atoms with Gasteiger partial charge in [0.05, 0.1) is 33.2 Å². The summed E-state index contributed by atoms with van der Waals surface area (Å²) in [6.45, 7) is 5.60. The molecule has 0 atom stereocenters. The fourth-order valence-electron chi connectivity index (χ4n) is 4.47. The molecule has 5 rings (SSSR count). The topological polar surface area (TPSA) is 146 Å². The van der Waals surface area contributed by atoms with Crippen LogP contribution in [0.4, 0.5) is 15.9 Å². The van der Waals surface area contributed by atoms with E-state index in [0.29, 0.717) is 72.6 Å². The third-order valence-electron chi connectivity index (χ3n) is 6.43. The Kier molecular flexibility index (Phi) is 7.40. The average Bonchev–Trinajstić information content (AvgIpc) is 3.35. The average molecular weight is 533 g/mol. The molecule has 3 N–H and O–H groups in total. The lowest BCUT2D eigenvalue weighted by Gasteiger charge is -2.30. The molecule has 196 valence electrons. The van der Waals surface area contributed by atoms with E-state index in [9.17, 15) is 14.7 Å². The van der Waals surface area contributed by atoms with Crippen LogP contribution in [0.5, 0.6) is 0 Å². The zero-order valence-corrected chi connectivity index (χ0v) is 22.0. The number of carbonyl (C=O) groups is 2. The van der Waals surface area contributed by atoms with Crippen LogP contribution in [0, 0.1) is 5.92 Å². The SMILES string of the molecule is CCNC(=O)Nc1nc2cc(-c3cnc(N4CCC(C(=O)O)CC4)nc3CC)nc(-c3ccccn3)c2s1. The molecule has 0 aromatic carbocycles. The quantitative estimate of drug-likeness (QED) is 0.318. The summed E-state index contributed by atoms with van der Waals surface area (Å²) in [5, 5.41) is 15.3. The molecule has 0 aliphatic carbocycles. The molecule has 11 nitrogen and oxygen atoms in total. The number of carboxylic acids is 1. The van der Waals surface area contributed by atoms with Gasteiger partial charge in [-0.3, -0.25) is 15.1 Å². The van der Waals surface area contributed by atoms with E-state index in [2.05, 4.69) is 25.6 Å². The monoisotopic (exact) mass is 532 g/mol. The lowest BCUT2D eigenvalue weighted by Crippen LogP contribution is -2.37. The summed E-state index contributed by atoms with van der Waals surface area (Å²) in [4.78, 5) is 49.1. The van der Waals surface area contributed by atoms with Gasteiger partial charge in [-0.05, 0) is 44.4 Å². The van der Waals surface area contributed by atoms with Crippen molar-refractivity contribution in [3.05, 3.63) is 42.4 Å². The van der Waals surface area contributed by atoms with Crippen LogP contribution >= 0.6 is 11.3 Å². The van der Waals surface area contributed by atoms with Crippen molar-refractivity contribution in [2.45, 2.75) is 33.1 Å². The molecular weight excluding hydrogens is 504 g/mol. The fraction of sp³-hybridized carbons (Fsp3) is 0.346. The van der Waals surface area contributed by atoms with Crippen molar-refractivity contribution < 1.29 is 14.7 Å². The van der Waals surface area contributed by atoms with E-state index < -0.39 is 5.97 Å². The van der Waals surface area contributed by atoms with Crippen LogP contribution in [0.3, 0.4) is 0 Å². The number of anilines is 2.